The molecule has 0 unspecified atom stereocenters. The zero-order chi connectivity index (χ0) is 16.5. The van der Waals surface area contributed by atoms with Gasteiger partial charge in [-0.2, -0.15) is 0 Å². The average molecular weight is 319 g/mol. The second-order valence-electron chi connectivity index (χ2n) is 7.70. The first-order chi connectivity index (χ1) is 9.67. The van der Waals surface area contributed by atoms with E-state index in [1.54, 1.807) is 0 Å². The average Bonchev–Trinajstić information content (AvgIpc) is 2.36. The number of hydrogen-bond acceptors (Lipinski definition) is 4. The fourth-order valence-electron chi connectivity index (χ4n) is 1.61. The van der Waals surface area contributed by atoms with Gasteiger partial charge in [-0.1, -0.05) is 55.4 Å². The van der Waals surface area contributed by atoms with Crippen LogP contribution in [0.3, 0.4) is 0 Å². The van der Waals surface area contributed by atoms with Crippen LogP contribution in [-0.2, 0) is 0 Å². The molecule has 0 fully saturated rings. The molecule has 0 amide bonds. The van der Waals surface area contributed by atoms with Crippen molar-refractivity contribution in [2.24, 2.45) is 23.7 Å². The molecule has 0 aromatic carbocycles. The first kappa shape index (κ1) is 21.3. The van der Waals surface area contributed by atoms with Gasteiger partial charge in [0.05, 0.1) is 0 Å². The van der Waals surface area contributed by atoms with Crippen LogP contribution in [0.25, 0.3) is 0 Å². The summed E-state index contributed by atoms with van der Waals surface area (Å²) in [5.41, 5.74) is 0. The lowest BCUT2D eigenvalue weighted by Gasteiger charge is -2.30. The van der Waals surface area contributed by atoms with Crippen molar-refractivity contribution in [3.8, 4) is 0 Å². The Morgan fingerprint density at radius 1 is 0.476 bits per heavy atom. The summed E-state index contributed by atoms with van der Waals surface area (Å²) < 4.78 is 0. The van der Waals surface area contributed by atoms with Crippen LogP contribution < -0.4 is 20.3 Å². The molecular weight excluding hydrogens is 279 g/mol. The van der Waals surface area contributed by atoms with Gasteiger partial charge in [0.1, 0.15) is 0 Å². The van der Waals surface area contributed by atoms with E-state index in [2.05, 4.69) is 75.7 Å². The van der Waals surface area contributed by atoms with Gasteiger partial charge in [-0.25, -0.2) is 0 Å². The molecule has 0 aromatic heterocycles. The highest BCUT2D eigenvalue weighted by atomic mass is 31.2. The summed E-state index contributed by atoms with van der Waals surface area (Å²) in [4.78, 5) is 0. The molecule has 0 rings (SSSR count). The summed E-state index contributed by atoms with van der Waals surface area (Å²) in [6.45, 7) is 22.2. The Morgan fingerprint density at radius 2 is 0.667 bits per heavy atom. The quantitative estimate of drug-likeness (QED) is 0.415. The Balaban J connectivity index is 4.85. The minimum Gasteiger partial charge on any atom is -0.146 e. The SMILES string of the molecule is CC(C)CN[P+](NCC(C)C)(NCC(C)C)NCC(C)C. The van der Waals surface area contributed by atoms with Gasteiger partial charge in [0.2, 0.25) is 0 Å². The predicted octanol–water partition coefficient (Wildman–Crippen LogP) is 3.65. The van der Waals surface area contributed by atoms with Crippen LogP contribution in [0.4, 0.5) is 0 Å². The van der Waals surface area contributed by atoms with Crippen molar-refractivity contribution >= 4 is 7.87 Å². The van der Waals surface area contributed by atoms with Crippen LogP contribution in [0.15, 0.2) is 0 Å². The minimum atomic E-state index is -1.71. The molecule has 0 radical (unpaired) electrons. The number of hydrogen-bond donors (Lipinski definition) is 4. The van der Waals surface area contributed by atoms with Crippen molar-refractivity contribution in [1.82, 2.24) is 20.3 Å². The molecule has 21 heavy (non-hydrogen) atoms. The van der Waals surface area contributed by atoms with E-state index in [0.29, 0.717) is 23.7 Å². The van der Waals surface area contributed by atoms with Crippen molar-refractivity contribution < 1.29 is 0 Å². The summed E-state index contributed by atoms with van der Waals surface area (Å²) >= 11 is 0. The summed E-state index contributed by atoms with van der Waals surface area (Å²) in [6, 6.07) is 0. The zero-order valence-corrected chi connectivity index (χ0v) is 16.5. The summed E-state index contributed by atoms with van der Waals surface area (Å²) in [5.74, 6) is 2.58. The molecule has 0 aliphatic rings. The lowest BCUT2D eigenvalue weighted by Crippen LogP contribution is -2.49. The third-order valence-corrected chi connectivity index (χ3v) is 5.57. The van der Waals surface area contributed by atoms with Crippen LogP contribution in [-0.4, -0.2) is 26.2 Å². The fourth-order valence-corrected chi connectivity index (χ4v) is 4.84. The van der Waals surface area contributed by atoms with Gasteiger partial charge in [0, 0.05) is 26.2 Å². The van der Waals surface area contributed by atoms with Crippen LogP contribution in [0.2, 0.25) is 0 Å². The Morgan fingerprint density at radius 3 is 0.810 bits per heavy atom. The second-order valence-corrected chi connectivity index (χ2v) is 10.3. The van der Waals surface area contributed by atoms with Crippen molar-refractivity contribution in [3.05, 3.63) is 0 Å². The smallest absolute Gasteiger partial charge is 0.146 e. The summed E-state index contributed by atoms with van der Waals surface area (Å²) in [7, 11) is -1.71. The molecular formula is C16H40N4P+. The predicted molar refractivity (Wildman–Crippen MR) is 98.3 cm³/mol. The number of nitrogens with one attached hydrogen (secondary N) is 4. The van der Waals surface area contributed by atoms with Gasteiger partial charge in [-0.15, -0.1) is 20.3 Å². The molecule has 0 saturated carbocycles. The van der Waals surface area contributed by atoms with Gasteiger partial charge in [0.15, 0.2) is 0 Å². The van der Waals surface area contributed by atoms with Gasteiger partial charge in [-0.05, 0) is 23.7 Å². The maximum atomic E-state index is 3.78. The van der Waals surface area contributed by atoms with E-state index in [-0.39, 0.29) is 0 Å². The van der Waals surface area contributed by atoms with E-state index < -0.39 is 7.87 Å². The van der Waals surface area contributed by atoms with Crippen molar-refractivity contribution in [3.63, 3.8) is 0 Å². The van der Waals surface area contributed by atoms with Crippen molar-refractivity contribution in [2.75, 3.05) is 26.2 Å². The molecule has 0 heterocycles. The zero-order valence-electron chi connectivity index (χ0n) is 15.6. The third kappa shape index (κ3) is 11.5. The van der Waals surface area contributed by atoms with E-state index >= 15 is 0 Å². The van der Waals surface area contributed by atoms with E-state index in [4.69, 9.17) is 0 Å². The minimum absolute atomic E-state index is 0.645. The van der Waals surface area contributed by atoms with E-state index in [1.807, 2.05) is 0 Å². The van der Waals surface area contributed by atoms with Gasteiger partial charge in [-0.3, -0.25) is 0 Å². The summed E-state index contributed by atoms with van der Waals surface area (Å²) in [5, 5.41) is 15.1. The van der Waals surface area contributed by atoms with Gasteiger partial charge >= 0.3 is 0 Å². The Labute approximate surface area is 134 Å². The van der Waals surface area contributed by atoms with Crippen LogP contribution >= 0.6 is 7.87 Å². The molecule has 128 valence electrons. The molecule has 0 saturated heterocycles. The third-order valence-electron chi connectivity index (χ3n) is 2.95. The van der Waals surface area contributed by atoms with Gasteiger partial charge < -0.3 is 0 Å². The second kappa shape index (κ2) is 10.9. The van der Waals surface area contributed by atoms with Crippen LogP contribution in [0, 0.1) is 23.7 Å². The topological polar surface area (TPSA) is 48.1 Å². The Kier molecular flexibility index (Phi) is 11.0. The summed E-state index contributed by atoms with van der Waals surface area (Å²) in [6.07, 6.45) is 0. The monoisotopic (exact) mass is 319 g/mol. The molecule has 0 atom stereocenters. The molecule has 0 aromatic rings. The molecule has 5 heteroatoms. The lowest BCUT2D eigenvalue weighted by molar-refractivity contribution is 0.559. The van der Waals surface area contributed by atoms with Crippen molar-refractivity contribution in [1.29, 1.82) is 0 Å². The Bertz CT molecular complexity index is 201. The van der Waals surface area contributed by atoms with Crippen LogP contribution in [0.5, 0.6) is 0 Å². The van der Waals surface area contributed by atoms with Crippen molar-refractivity contribution in [2.45, 2.75) is 55.4 Å². The number of rotatable bonds is 12. The lowest BCUT2D eigenvalue weighted by atomic mass is 10.2. The molecule has 0 aliphatic heterocycles. The van der Waals surface area contributed by atoms with Crippen LogP contribution in [0.1, 0.15) is 55.4 Å². The van der Waals surface area contributed by atoms with E-state index in [9.17, 15) is 0 Å². The highest BCUT2D eigenvalue weighted by molar-refractivity contribution is 7.68. The Hall–Kier alpha value is 0.270. The fraction of sp³-hybridized carbons (Fsp3) is 1.00. The largest absolute Gasteiger partial charge is 0.298 e. The molecule has 0 aliphatic carbocycles. The molecule has 4 N–H and O–H groups in total. The first-order valence-corrected chi connectivity index (χ1v) is 10.3. The molecule has 0 spiro atoms. The highest BCUT2D eigenvalue weighted by Gasteiger charge is 2.38. The highest BCUT2D eigenvalue weighted by Crippen LogP contribution is 2.41. The van der Waals surface area contributed by atoms with Gasteiger partial charge in [0.25, 0.3) is 7.87 Å². The van der Waals surface area contributed by atoms with E-state index in [1.165, 1.54) is 0 Å². The molecule has 0 bridgehead atoms. The maximum absolute atomic E-state index is 3.78. The maximum Gasteiger partial charge on any atom is 0.298 e. The van der Waals surface area contributed by atoms with E-state index in [0.717, 1.165) is 26.2 Å². The normalized spacial score (nSPS) is 13.1. The first-order valence-electron chi connectivity index (χ1n) is 8.56. The molecule has 4 nitrogen and oxygen atoms in total. The standard InChI is InChI=1S/C16H40N4P/c1-13(2)9-17-21(18-10-14(3)4,19-11-15(5)6)20-12-16(7)8/h13-20H,9-12H2,1-8H3/q+1.